The Hall–Kier alpha value is -2.66. The predicted molar refractivity (Wildman–Crippen MR) is 133 cm³/mol. The molecule has 0 radical (unpaired) electrons. The first-order valence-corrected chi connectivity index (χ1v) is 13.2. The highest BCUT2D eigenvalue weighted by atomic mass is 32.2. The van der Waals surface area contributed by atoms with E-state index >= 15 is 0 Å². The van der Waals surface area contributed by atoms with Crippen molar-refractivity contribution in [1.82, 2.24) is 5.32 Å². The Morgan fingerprint density at radius 3 is 2.40 bits per heavy atom. The largest absolute Gasteiger partial charge is 0.440 e. The third-order valence-electron chi connectivity index (χ3n) is 6.46. The Morgan fingerprint density at radius 1 is 1.20 bits per heavy atom. The maximum Gasteiger partial charge on any atom is 0.405 e. The first-order chi connectivity index (χ1) is 16.6. The number of anilines is 1. The number of hydrogen-bond donors (Lipinski definition) is 4. The van der Waals surface area contributed by atoms with Gasteiger partial charge in [0, 0.05) is 31.2 Å². The molecule has 4 unspecified atom stereocenters. The number of benzene rings is 2. The molecule has 0 aliphatic carbocycles. The van der Waals surface area contributed by atoms with Crippen LogP contribution in [0.25, 0.3) is 0 Å². The highest BCUT2D eigenvalue weighted by molar-refractivity contribution is 7.92. The fraction of sp³-hybridized carbons (Fsp3) is 0.480. The Balaban J connectivity index is 1.90. The number of amides is 1. The number of nitrogens with one attached hydrogen (secondary N) is 1. The fourth-order valence-corrected chi connectivity index (χ4v) is 6.49. The summed E-state index contributed by atoms with van der Waals surface area (Å²) in [5.41, 5.74) is 11.1. The molecule has 6 N–H and O–H groups in total. The first-order valence-electron chi connectivity index (χ1n) is 11.7. The number of aliphatic hydroxyl groups excluding tert-OH is 1. The van der Waals surface area contributed by atoms with Crippen molar-refractivity contribution >= 4 is 21.6 Å². The van der Waals surface area contributed by atoms with Crippen LogP contribution < -0.4 is 16.8 Å². The molecule has 35 heavy (non-hydrogen) atoms. The van der Waals surface area contributed by atoms with Crippen molar-refractivity contribution in [1.29, 1.82) is 0 Å². The van der Waals surface area contributed by atoms with Crippen LogP contribution in [0.5, 0.6) is 0 Å². The van der Waals surface area contributed by atoms with Gasteiger partial charge in [0.05, 0.1) is 11.5 Å². The molecule has 0 bridgehead atoms. The lowest BCUT2D eigenvalue weighted by Crippen LogP contribution is -2.59. The summed E-state index contributed by atoms with van der Waals surface area (Å²) in [6.07, 6.45) is -1.51. The van der Waals surface area contributed by atoms with Crippen molar-refractivity contribution in [3.8, 4) is 0 Å². The first kappa shape index (κ1) is 26.9. The average Bonchev–Trinajstić information content (AvgIpc) is 3.34. The van der Waals surface area contributed by atoms with E-state index in [2.05, 4.69) is 5.32 Å². The van der Waals surface area contributed by atoms with Crippen molar-refractivity contribution in [2.24, 2.45) is 17.6 Å². The number of nitrogens with two attached hydrogens (primary N) is 2. The molecule has 3 rings (SSSR count). The van der Waals surface area contributed by atoms with Crippen LogP contribution in [0.3, 0.4) is 0 Å². The molecule has 1 saturated heterocycles. The zero-order valence-corrected chi connectivity index (χ0v) is 20.9. The van der Waals surface area contributed by atoms with E-state index in [0.717, 1.165) is 5.56 Å². The van der Waals surface area contributed by atoms with Crippen LogP contribution in [0.4, 0.5) is 10.5 Å². The van der Waals surface area contributed by atoms with Crippen LogP contribution in [-0.4, -0.2) is 56.5 Å². The van der Waals surface area contributed by atoms with Crippen LogP contribution >= 0.6 is 0 Å². The zero-order valence-electron chi connectivity index (χ0n) is 20.1. The third kappa shape index (κ3) is 6.32. The molecule has 10 heteroatoms. The second kappa shape index (κ2) is 11.4. The molecule has 1 aliphatic heterocycles. The van der Waals surface area contributed by atoms with E-state index in [-0.39, 0.29) is 36.3 Å². The van der Waals surface area contributed by atoms with E-state index in [1.807, 2.05) is 30.3 Å². The number of carbonyl (C=O) groups is 1. The Bertz CT molecular complexity index is 1070. The van der Waals surface area contributed by atoms with Crippen molar-refractivity contribution in [2.75, 3.05) is 25.5 Å². The summed E-state index contributed by atoms with van der Waals surface area (Å²) in [6.45, 7) is 4.16. The van der Waals surface area contributed by atoms with Crippen molar-refractivity contribution in [3.05, 3.63) is 60.2 Å². The lowest BCUT2D eigenvalue weighted by atomic mass is 9.77. The van der Waals surface area contributed by atoms with Gasteiger partial charge in [0.2, 0.25) is 0 Å². The number of aliphatic hydroxyl groups is 1. The van der Waals surface area contributed by atoms with Gasteiger partial charge in [0.1, 0.15) is 17.1 Å². The minimum absolute atomic E-state index is 0.125. The Morgan fingerprint density at radius 2 is 1.86 bits per heavy atom. The van der Waals surface area contributed by atoms with Gasteiger partial charge in [-0.15, -0.1) is 0 Å². The van der Waals surface area contributed by atoms with E-state index in [9.17, 15) is 18.3 Å². The minimum Gasteiger partial charge on any atom is -0.440 e. The van der Waals surface area contributed by atoms with Gasteiger partial charge in [-0.3, -0.25) is 5.32 Å². The molecule has 1 aliphatic rings. The van der Waals surface area contributed by atoms with Gasteiger partial charge in [0.25, 0.3) is 0 Å². The lowest BCUT2D eigenvalue weighted by molar-refractivity contribution is -0.115. The topological polar surface area (TPSA) is 154 Å². The molecule has 4 atom stereocenters. The van der Waals surface area contributed by atoms with Gasteiger partial charge in [0.15, 0.2) is 9.84 Å². The van der Waals surface area contributed by atoms with Gasteiger partial charge in [-0.25, -0.2) is 13.2 Å². The molecule has 1 heterocycles. The summed E-state index contributed by atoms with van der Waals surface area (Å²) in [5, 5.41) is 13.5. The number of ether oxygens (including phenoxy) is 2. The standard InChI is InChI=1S/C25H35N3O6S/c1-17(2)23(35(31,32)21-10-8-20(26)9-11-21)28-15-22(29)25(34-24(27)30,19-12-13-33-16-19)14-18-6-4-3-5-7-18/h3-11,17,19,22-23,28-29H,12-16,26H2,1-2H3,(H2,27,30). The Labute approximate surface area is 206 Å². The summed E-state index contributed by atoms with van der Waals surface area (Å²) in [4.78, 5) is 12.1. The molecular formula is C25H35N3O6S. The third-order valence-corrected chi connectivity index (χ3v) is 8.77. The summed E-state index contributed by atoms with van der Waals surface area (Å²) >= 11 is 0. The monoisotopic (exact) mass is 505 g/mol. The molecule has 0 saturated carbocycles. The minimum atomic E-state index is -3.79. The molecule has 2 aromatic carbocycles. The van der Waals surface area contributed by atoms with Gasteiger partial charge in [-0.2, -0.15) is 0 Å². The predicted octanol–water partition coefficient (Wildman–Crippen LogP) is 2.09. The molecular weight excluding hydrogens is 470 g/mol. The van der Waals surface area contributed by atoms with Gasteiger partial charge < -0.3 is 26.0 Å². The van der Waals surface area contributed by atoms with Crippen molar-refractivity contribution in [2.45, 2.75) is 48.7 Å². The highest BCUT2D eigenvalue weighted by Crippen LogP contribution is 2.36. The second-order valence-electron chi connectivity index (χ2n) is 9.30. The zero-order chi connectivity index (χ0) is 25.6. The molecule has 0 aromatic heterocycles. The van der Waals surface area contributed by atoms with E-state index in [1.165, 1.54) is 24.3 Å². The number of rotatable bonds is 11. The number of carbonyl (C=O) groups excluding carboxylic acids is 1. The highest BCUT2D eigenvalue weighted by Gasteiger charge is 2.50. The second-order valence-corrected chi connectivity index (χ2v) is 11.4. The lowest BCUT2D eigenvalue weighted by Gasteiger charge is -2.42. The smallest absolute Gasteiger partial charge is 0.405 e. The number of sulfone groups is 1. The van der Waals surface area contributed by atoms with Crippen LogP contribution in [-0.2, 0) is 25.7 Å². The van der Waals surface area contributed by atoms with E-state index in [1.54, 1.807) is 13.8 Å². The number of hydrogen-bond acceptors (Lipinski definition) is 8. The summed E-state index contributed by atoms with van der Waals surface area (Å²) in [7, 11) is -3.79. The van der Waals surface area contributed by atoms with Gasteiger partial charge in [-0.05, 0) is 42.2 Å². The maximum atomic E-state index is 13.4. The van der Waals surface area contributed by atoms with E-state index in [0.29, 0.717) is 18.7 Å². The fourth-order valence-electron chi connectivity index (χ4n) is 4.65. The summed E-state index contributed by atoms with van der Waals surface area (Å²) < 4.78 is 37.9. The molecule has 0 spiro atoms. The van der Waals surface area contributed by atoms with Crippen molar-refractivity contribution < 1.29 is 27.8 Å². The SMILES string of the molecule is CC(C)C(NCC(O)C(Cc1ccccc1)(OC(N)=O)C1CCOC1)S(=O)(=O)c1ccc(N)cc1. The van der Waals surface area contributed by atoms with E-state index < -0.39 is 33.0 Å². The summed E-state index contributed by atoms with van der Waals surface area (Å²) in [6, 6.07) is 15.3. The number of primary amides is 1. The molecule has 1 amide bonds. The molecule has 2 aromatic rings. The molecule has 192 valence electrons. The molecule has 1 fully saturated rings. The van der Waals surface area contributed by atoms with Crippen LogP contribution in [0, 0.1) is 11.8 Å². The molecule has 9 nitrogen and oxygen atoms in total. The van der Waals surface area contributed by atoms with Crippen LogP contribution in [0.15, 0.2) is 59.5 Å². The Kier molecular flexibility index (Phi) is 8.76. The summed E-state index contributed by atoms with van der Waals surface area (Å²) in [5.74, 6) is -0.640. The van der Waals surface area contributed by atoms with Crippen molar-refractivity contribution in [3.63, 3.8) is 0 Å². The number of nitrogen functional groups attached to an aromatic ring is 1. The average molecular weight is 506 g/mol. The van der Waals surface area contributed by atoms with E-state index in [4.69, 9.17) is 20.9 Å². The van der Waals surface area contributed by atoms with Crippen LogP contribution in [0.1, 0.15) is 25.8 Å². The van der Waals surface area contributed by atoms with Gasteiger partial charge in [-0.1, -0.05) is 44.2 Å². The quantitative estimate of drug-likeness (QED) is 0.339. The maximum absolute atomic E-state index is 13.4. The van der Waals surface area contributed by atoms with Crippen LogP contribution in [0.2, 0.25) is 0 Å². The van der Waals surface area contributed by atoms with Gasteiger partial charge >= 0.3 is 6.09 Å². The normalized spacial score (nSPS) is 19.7.